The number of nitrogens with zero attached hydrogens (tertiary/aromatic N) is 1. The van der Waals surface area contributed by atoms with E-state index in [4.69, 9.17) is 13.9 Å². The number of ether oxygens (including phenoxy) is 2. The number of carbonyl (C=O) groups excluding carboxylic acids is 1. The van der Waals surface area contributed by atoms with Gasteiger partial charge in [-0.25, -0.2) is 9.59 Å². The van der Waals surface area contributed by atoms with Gasteiger partial charge in [0.05, 0.1) is 10.5 Å². The lowest BCUT2D eigenvalue weighted by Gasteiger charge is -2.08. The van der Waals surface area contributed by atoms with Gasteiger partial charge in [0.2, 0.25) is 0 Å². The smallest absolute Gasteiger partial charge is 0.344 e. The first-order valence-electron chi connectivity index (χ1n) is 7.99. The fraction of sp³-hybridized carbons (Fsp3) is 0.158. The van der Waals surface area contributed by atoms with Gasteiger partial charge in [0, 0.05) is 23.6 Å². The molecule has 0 aliphatic heterocycles. The number of nitro benzene ring substituents is 1. The Bertz CT molecular complexity index is 1070. The summed E-state index contributed by atoms with van der Waals surface area (Å²) in [6.07, 6.45) is 0. The molecule has 0 unspecified atom stereocenters. The van der Waals surface area contributed by atoms with Gasteiger partial charge in [-0.05, 0) is 30.7 Å². The number of para-hydroxylation sites is 1. The highest BCUT2D eigenvalue weighted by Crippen LogP contribution is 2.22. The van der Waals surface area contributed by atoms with Crippen LogP contribution in [0.2, 0.25) is 0 Å². The fourth-order valence-corrected chi connectivity index (χ4v) is 2.55. The number of rotatable bonds is 6. The van der Waals surface area contributed by atoms with E-state index in [1.165, 1.54) is 30.3 Å². The Hall–Kier alpha value is -3.68. The third-order valence-corrected chi connectivity index (χ3v) is 3.86. The molecule has 0 N–H and O–H groups in total. The summed E-state index contributed by atoms with van der Waals surface area (Å²) >= 11 is 0. The summed E-state index contributed by atoms with van der Waals surface area (Å²) in [5.74, 6) is -0.349. The average Bonchev–Trinajstić information content (AvgIpc) is 2.64. The molecule has 8 heteroatoms. The zero-order valence-corrected chi connectivity index (χ0v) is 14.3. The zero-order valence-electron chi connectivity index (χ0n) is 14.3. The van der Waals surface area contributed by atoms with Crippen LogP contribution in [-0.2, 0) is 16.1 Å². The van der Waals surface area contributed by atoms with Crippen molar-refractivity contribution in [1.82, 2.24) is 0 Å². The Morgan fingerprint density at radius 1 is 1.19 bits per heavy atom. The number of esters is 1. The van der Waals surface area contributed by atoms with Gasteiger partial charge < -0.3 is 13.9 Å². The third-order valence-electron chi connectivity index (χ3n) is 3.86. The van der Waals surface area contributed by atoms with Gasteiger partial charge in [0.15, 0.2) is 6.61 Å². The molecule has 8 nitrogen and oxygen atoms in total. The Kier molecular flexibility index (Phi) is 5.16. The Balaban J connectivity index is 1.62. The SMILES string of the molecule is Cc1cc(=O)oc2cc(OCC(=O)OCc3ccccc3[N+](=O)[O-])ccc12. The van der Waals surface area contributed by atoms with E-state index in [1.807, 2.05) is 0 Å². The van der Waals surface area contributed by atoms with Crippen LogP contribution >= 0.6 is 0 Å². The first-order valence-corrected chi connectivity index (χ1v) is 7.99. The van der Waals surface area contributed by atoms with Gasteiger partial charge in [-0.2, -0.15) is 0 Å². The molecule has 0 atom stereocenters. The molecule has 0 bridgehead atoms. The maximum atomic E-state index is 11.9. The van der Waals surface area contributed by atoms with Crippen LogP contribution in [0.25, 0.3) is 11.0 Å². The minimum Gasteiger partial charge on any atom is -0.482 e. The molecule has 3 rings (SSSR count). The Morgan fingerprint density at radius 2 is 1.96 bits per heavy atom. The summed E-state index contributed by atoms with van der Waals surface area (Å²) in [7, 11) is 0. The predicted molar refractivity (Wildman–Crippen MR) is 95.6 cm³/mol. The molecule has 0 spiro atoms. The van der Waals surface area contributed by atoms with E-state index >= 15 is 0 Å². The van der Waals surface area contributed by atoms with E-state index in [0.29, 0.717) is 16.9 Å². The van der Waals surface area contributed by atoms with Crippen LogP contribution in [0, 0.1) is 17.0 Å². The van der Waals surface area contributed by atoms with Crippen molar-refractivity contribution in [3.05, 3.63) is 80.2 Å². The largest absolute Gasteiger partial charge is 0.482 e. The zero-order chi connectivity index (χ0) is 19.4. The molecule has 1 heterocycles. The van der Waals surface area contributed by atoms with Gasteiger partial charge in [-0.3, -0.25) is 10.1 Å². The van der Waals surface area contributed by atoms with E-state index in [-0.39, 0.29) is 18.9 Å². The molecule has 2 aromatic carbocycles. The molecule has 0 saturated heterocycles. The summed E-state index contributed by atoms with van der Waals surface area (Å²) in [4.78, 5) is 33.7. The fourth-order valence-electron chi connectivity index (χ4n) is 2.55. The highest BCUT2D eigenvalue weighted by Gasteiger charge is 2.14. The first-order chi connectivity index (χ1) is 12.9. The summed E-state index contributed by atoms with van der Waals surface area (Å²) in [6, 6.07) is 12.3. The number of carbonyl (C=O) groups is 1. The highest BCUT2D eigenvalue weighted by atomic mass is 16.6. The standard InChI is InChI=1S/C19H15NO7/c1-12-8-18(21)27-17-9-14(6-7-15(12)17)25-11-19(22)26-10-13-4-2-3-5-16(13)20(23)24/h2-9H,10-11H2,1H3. The summed E-state index contributed by atoms with van der Waals surface area (Å²) in [6.45, 7) is 1.17. The third kappa shape index (κ3) is 4.30. The Morgan fingerprint density at radius 3 is 2.74 bits per heavy atom. The first kappa shape index (κ1) is 18.1. The molecule has 0 amide bonds. The maximum absolute atomic E-state index is 11.9. The van der Waals surface area contributed by atoms with Crippen LogP contribution in [-0.4, -0.2) is 17.5 Å². The van der Waals surface area contributed by atoms with E-state index < -0.39 is 16.5 Å². The van der Waals surface area contributed by atoms with Crippen molar-refractivity contribution in [3.63, 3.8) is 0 Å². The van der Waals surface area contributed by atoms with Crippen molar-refractivity contribution in [2.45, 2.75) is 13.5 Å². The number of hydrogen-bond acceptors (Lipinski definition) is 7. The van der Waals surface area contributed by atoms with E-state index in [2.05, 4.69) is 0 Å². The monoisotopic (exact) mass is 369 g/mol. The van der Waals surface area contributed by atoms with E-state index in [9.17, 15) is 19.7 Å². The van der Waals surface area contributed by atoms with Gasteiger partial charge in [-0.1, -0.05) is 12.1 Å². The van der Waals surface area contributed by atoms with Crippen molar-refractivity contribution < 1.29 is 23.6 Å². The molecule has 0 radical (unpaired) electrons. The molecule has 0 aliphatic rings. The molecule has 0 aliphatic carbocycles. The minimum absolute atomic E-state index is 0.119. The number of fused-ring (bicyclic) bond motifs is 1. The number of aryl methyl sites for hydroxylation is 1. The lowest BCUT2D eigenvalue weighted by atomic mass is 10.1. The molecule has 3 aromatic rings. The number of nitro groups is 1. The quantitative estimate of drug-likeness (QED) is 0.284. The van der Waals surface area contributed by atoms with E-state index in [0.717, 1.165) is 10.9 Å². The van der Waals surface area contributed by atoms with Gasteiger partial charge in [-0.15, -0.1) is 0 Å². The number of benzene rings is 2. The van der Waals surface area contributed by atoms with Crippen LogP contribution < -0.4 is 10.4 Å². The summed E-state index contributed by atoms with van der Waals surface area (Å²) < 4.78 is 15.5. The number of hydrogen-bond donors (Lipinski definition) is 0. The van der Waals surface area contributed by atoms with Crippen LogP contribution in [0.4, 0.5) is 5.69 Å². The van der Waals surface area contributed by atoms with Gasteiger partial charge in [0.1, 0.15) is 17.9 Å². The lowest BCUT2D eigenvalue weighted by Crippen LogP contribution is -2.15. The summed E-state index contributed by atoms with van der Waals surface area (Å²) in [5.41, 5.74) is 0.827. The van der Waals surface area contributed by atoms with Crippen LogP contribution in [0.1, 0.15) is 11.1 Å². The van der Waals surface area contributed by atoms with Crippen molar-refractivity contribution in [1.29, 1.82) is 0 Å². The van der Waals surface area contributed by atoms with Crippen molar-refractivity contribution >= 4 is 22.6 Å². The predicted octanol–water partition coefficient (Wildman–Crippen LogP) is 3.13. The van der Waals surface area contributed by atoms with Crippen molar-refractivity contribution in [3.8, 4) is 5.75 Å². The van der Waals surface area contributed by atoms with Crippen LogP contribution in [0.15, 0.2) is 57.7 Å². The summed E-state index contributed by atoms with van der Waals surface area (Å²) in [5, 5.41) is 11.7. The minimum atomic E-state index is -0.682. The molecule has 0 saturated carbocycles. The second-order valence-electron chi connectivity index (χ2n) is 5.74. The molecular weight excluding hydrogens is 354 g/mol. The molecule has 0 fully saturated rings. The molecule has 1 aromatic heterocycles. The van der Waals surface area contributed by atoms with Gasteiger partial charge in [0.25, 0.3) is 5.69 Å². The van der Waals surface area contributed by atoms with Gasteiger partial charge >= 0.3 is 11.6 Å². The maximum Gasteiger partial charge on any atom is 0.344 e. The molecular formula is C19H15NO7. The topological polar surface area (TPSA) is 109 Å². The van der Waals surface area contributed by atoms with Crippen LogP contribution in [0.5, 0.6) is 5.75 Å². The van der Waals surface area contributed by atoms with Crippen molar-refractivity contribution in [2.24, 2.45) is 0 Å². The second-order valence-corrected chi connectivity index (χ2v) is 5.74. The second kappa shape index (κ2) is 7.69. The normalized spacial score (nSPS) is 10.6. The molecule has 27 heavy (non-hydrogen) atoms. The van der Waals surface area contributed by atoms with Crippen LogP contribution in [0.3, 0.4) is 0 Å². The average molecular weight is 369 g/mol. The lowest BCUT2D eigenvalue weighted by molar-refractivity contribution is -0.385. The van der Waals surface area contributed by atoms with E-state index in [1.54, 1.807) is 25.1 Å². The van der Waals surface area contributed by atoms with Crippen molar-refractivity contribution in [2.75, 3.05) is 6.61 Å². The molecule has 138 valence electrons. The highest BCUT2D eigenvalue weighted by molar-refractivity contribution is 5.81. The Labute approximate surface area is 153 Å².